The predicted molar refractivity (Wildman–Crippen MR) is 116 cm³/mol. The van der Waals surface area contributed by atoms with E-state index in [4.69, 9.17) is 14.6 Å². The van der Waals surface area contributed by atoms with Crippen LogP contribution in [0.15, 0.2) is 29.6 Å². The number of hydrogen-bond acceptors (Lipinski definition) is 5. The molecular formula is C22H27F3N2O4S. The molecule has 0 bridgehead atoms. The van der Waals surface area contributed by atoms with Crippen molar-refractivity contribution in [3.8, 4) is 0 Å². The lowest BCUT2D eigenvalue weighted by Gasteiger charge is -2.30. The van der Waals surface area contributed by atoms with Gasteiger partial charge in [0.05, 0.1) is 13.0 Å². The van der Waals surface area contributed by atoms with Crippen molar-refractivity contribution in [1.82, 2.24) is 9.80 Å². The molecule has 2 saturated heterocycles. The van der Waals surface area contributed by atoms with Gasteiger partial charge in [0.2, 0.25) is 5.91 Å². The number of halogens is 3. The van der Waals surface area contributed by atoms with E-state index in [1.54, 1.807) is 18.4 Å². The molecule has 3 heterocycles. The minimum atomic E-state index is -5.08. The number of amides is 1. The average molecular weight is 473 g/mol. The molecule has 2 aromatic rings. The molecule has 1 amide bonds. The van der Waals surface area contributed by atoms with E-state index in [9.17, 15) is 18.0 Å². The molecule has 0 aliphatic carbocycles. The Morgan fingerprint density at radius 3 is 2.62 bits per heavy atom. The van der Waals surface area contributed by atoms with Gasteiger partial charge in [0, 0.05) is 49.3 Å². The summed E-state index contributed by atoms with van der Waals surface area (Å²) in [5.74, 6) is -1.96. The highest BCUT2D eigenvalue weighted by molar-refractivity contribution is 7.17. The second-order valence-electron chi connectivity index (χ2n) is 8.51. The van der Waals surface area contributed by atoms with Crippen molar-refractivity contribution < 1.29 is 32.6 Å². The van der Waals surface area contributed by atoms with Gasteiger partial charge in [0.1, 0.15) is 0 Å². The molecule has 2 aliphatic heterocycles. The first-order chi connectivity index (χ1) is 15.1. The number of nitrogens with zero attached hydrogens (tertiary/aromatic N) is 2. The van der Waals surface area contributed by atoms with Gasteiger partial charge in [0.25, 0.3) is 0 Å². The van der Waals surface area contributed by atoms with E-state index >= 15 is 0 Å². The van der Waals surface area contributed by atoms with Gasteiger partial charge >= 0.3 is 12.1 Å². The Kier molecular flexibility index (Phi) is 7.46. The van der Waals surface area contributed by atoms with Crippen molar-refractivity contribution in [3.63, 3.8) is 0 Å². The van der Waals surface area contributed by atoms with Crippen LogP contribution in [0.25, 0.3) is 10.1 Å². The second kappa shape index (κ2) is 9.76. The zero-order chi connectivity index (χ0) is 23.5. The molecular weight excluding hydrogens is 445 g/mol. The molecule has 2 aliphatic rings. The summed E-state index contributed by atoms with van der Waals surface area (Å²) in [6.45, 7) is 4.71. The molecule has 0 saturated carbocycles. The van der Waals surface area contributed by atoms with E-state index in [1.807, 2.05) is 0 Å². The van der Waals surface area contributed by atoms with Crippen LogP contribution in [0, 0.1) is 11.3 Å². The molecule has 1 aromatic heterocycles. The molecule has 6 nitrogen and oxygen atoms in total. The fourth-order valence-electron chi connectivity index (χ4n) is 4.75. The Morgan fingerprint density at radius 2 is 1.97 bits per heavy atom. The Labute approximate surface area is 188 Å². The van der Waals surface area contributed by atoms with Crippen LogP contribution in [0.1, 0.15) is 12.0 Å². The number of fused-ring (bicyclic) bond motifs is 1. The normalized spacial score (nSPS) is 23.5. The third-order valence-electron chi connectivity index (χ3n) is 6.23. The molecule has 10 heteroatoms. The maximum absolute atomic E-state index is 12.9. The van der Waals surface area contributed by atoms with Gasteiger partial charge in [-0.1, -0.05) is 18.2 Å². The summed E-state index contributed by atoms with van der Waals surface area (Å²) in [7, 11) is 3.96. The van der Waals surface area contributed by atoms with Crippen LogP contribution in [0.2, 0.25) is 0 Å². The quantitative estimate of drug-likeness (QED) is 0.738. The van der Waals surface area contributed by atoms with Gasteiger partial charge < -0.3 is 19.6 Å². The smallest absolute Gasteiger partial charge is 0.475 e. The first-order valence-corrected chi connectivity index (χ1v) is 11.1. The van der Waals surface area contributed by atoms with Crippen LogP contribution in [-0.2, 0) is 20.7 Å². The molecule has 0 radical (unpaired) electrons. The van der Waals surface area contributed by atoms with Crippen molar-refractivity contribution in [2.24, 2.45) is 11.3 Å². The number of carbonyl (C=O) groups excluding carboxylic acids is 1. The molecule has 176 valence electrons. The summed E-state index contributed by atoms with van der Waals surface area (Å²) < 4.78 is 38.5. The maximum Gasteiger partial charge on any atom is 0.490 e. The minimum Gasteiger partial charge on any atom is -0.475 e. The minimum absolute atomic E-state index is 0.219. The lowest BCUT2D eigenvalue weighted by atomic mass is 9.77. The highest BCUT2D eigenvalue weighted by Gasteiger charge is 2.50. The fourth-order valence-corrected chi connectivity index (χ4v) is 5.71. The molecule has 1 aromatic carbocycles. The Bertz CT molecular complexity index is 964. The van der Waals surface area contributed by atoms with E-state index in [-0.39, 0.29) is 11.3 Å². The van der Waals surface area contributed by atoms with Crippen LogP contribution < -0.4 is 0 Å². The number of benzene rings is 1. The SMILES string of the molecule is COC[C@@H]1CN(C)C[C@@]12CCN(C(=O)Cc1csc3ccccc13)C2.O=C(O)C(F)(F)F. The Morgan fingerprint density at radius 1 is 1.28 bits per heavy atom. The average Bonchev–Trinajstić information content (AvgIpc) is 3.41. The van der Waals surface area contributed by atoms with Crippen LogP contribution >= 0.6 is 11.3 Å². The lowest BCUT2D eigenvalue weighted by molar-refractivity contribution is -0.192. The number of methoxy groups -OCH3 is 1. The van der Waals surface area contributed by atoms with Gasteiger partial charge in [-0.3, -0.25) is 4.79 Å². The maximum atomic E-state index is 12.9. The van der Waals surface area contributed by atoms with Crippen LogP contribution in [-0.4, -0.2) is 79.9 Å². The third kappa shape index (κ3) is 5.41. The number of hydrogen-bond donors (Lipinski definition) is 1. The van der Waals surface area contributed by atoms with Crippen molar-refractivity contribution in [2.75, 3.05) is 46.9 Å². The number of carboxylic acids is 1. The van der Waals surface area contributed by atoms with E-state index in [1.165, 1.54) is 15.6 Å². The number of carboxylic acid groups (broad SMARTS) is 1. The Hall–Kier alpha value is -2.17. The highest BCUT2D eigenvalue weighted by atomic mass is 32.1. The van der Waals surface area contributed by atoms with Crippen molar-refractivity contribution in [3.05, 3.63) is 35.2 Å². The van der Waals surface area contributed by atoms with Crippen molar-refractivity contribution in [2.45, 2.75) is 19.0 Å². The number of rotatable bonds is 4. The molecule has 1 spiro atoms. The van der Waals surface area contributed by atoms with Gasteiger partial charge in [-0.15, -0.1) is 11.3 Å². The molecule has 2 atom stereocenters. The first kappa shape index (κ1) is 24.5. The summed E-state index contributed by atoms with van der Waals surface area (Å²) >= 11 is 1.73. The number of alkyl halides is 3. The number of aliphatic carboxylic acids is 1. The summed E-state index contributed by atoms with van der Waals surface area (Å²) in [6.07, 6.45) is -3.47. The summed E-state index contributed by atoms with van der Waals surface area (Å²) in [5, 5.41) is 10.5. The van der Waals surface area contributed by atoms with E-state index < -0.39 is 12.1 Å². The molecule has 0 unspecified atom stereocenters. The Balaban J connectivity index is 0.000000360. The second-order valence-corrected chi connectivity index (χ2v) is 9.42. The summed E-state index contributed by atoms with van der Waals surface area (Å²) in [6, 6.07) is 8.36. The van der Waals surface area contributed by atoms with E-state index in [0.29, 0.717) is 12.3 Å². The standard InChI is InChI=1S/C20H26N2O2S.C2HF3O2/c1-21-10-16(11-24-2)20(13-21)7-8-22(14-20)19(23)9-15-12-25-18-6-4-3-5-17(15)18;3-2(4,5)1(6)7/h3-6,12,16H,7-11,13-14H2,1-2H3;(H,6,7)/t16-,20+;/m0./s1. The molecule has 32 heavy (non-hydrogen) atoms. The van der Waals surface area contributed by atoms with E-state index in [0.717, 1.165) is 39.2 Å². The predicted octanol–water partition coefficient (Wildman–Crippen LogP) is 3.50. The van der Waals surface area contributed by atoms with Crippen molar-refractivity contribution in [1.29, 1.82) is 0 Å². The van der Waals surface area contributed by atoms with Gasteiger partial charge in [-0.2, -0.15) is 13.2 Å². The molecule has 2 fully saturated rings. The monoisotopic (exact) mass is 472 g/mol. The van der Waals surface area contributed by atoms with Crippen LogP contribution in [0.4, 0.5) is 13.2 Å². The van der Waals surface area contributed by atoms with Gasteiger partial charge in [0.15, 0.2) is 0 Å². The third-order valence-corrected chi connectivity index (χ3v) is 7.25. The molecule has 4 rings (SSSR count). The molecule has 1 N–H and O–H groups in total. The number of ether oxygens (including phenoxy) is 1. The van der Waals surface area contributed by atoms with Crippen LogP contribution in [0.5, 0.6) is 0 Å². The van der Waals surface area contributed by atoms with Crippen molar-refractivity contribution >= 4 is 33.3 Å². The largest absolute Gasteiger partial charge is 0.490 e. The highest BCUT2D eigenvalue weighted by Crippen LogP contribution is 2.43. The summed E-state index contributed by atoms with van der Waals surface area (Å²) in [5.41, 5.74) is 1.39. The van der Waals surface area contributed by atoms with Gasteiger partial charge in [-0.05, 0) is 35.9 Å². The number of thiophene rings is 1. The fraction of sp³-hybridized carbons (Fsp3) is 0.545. The number of likely N-dealkylation sites (tertiary alicyclic amines) is 2. The number of carbonyl (C=O) groups is 2. The van der Waals surface area contributed by atoms with E-state index in [2.05, 4.69) is 46.5 Å². The zero-order valence-corrected chi connectivity index (χ0v) is 18.8. The van der Waals surface area contributed by atoms with Gasteiger partial charge in [-0.25, -0.2) is 4.79 Å². The summed E-state index contributed by atoms with van der Waals surface area (Å²) in [4.78, 5) is 26.3. The zero-order valence-electron chi connectivity index (χ0n) is 18.0. The topological polar surface area (TPSA) is 70.1 Å². The lowest BCUT2D eigenvalue weighted by Crippen LogP contribution is -2.38. The van der Waals surface area contributed by atoms with Crippen LogP contribution in [0.3, 0.4) is 0 Å². The first-order valence-electron chi connectivity index (χ1n) is 10.3.